The monoisotopic (exact) mass is 452 g/mol. The third kappa shape index (κ3) is 5.60. The van der Waals surface area contributed by atoms with E-state index < -0.39 is 0 Å². The van der Waals surface area contributed by atoms with Crippen LogP contribution in [-0.2, 0) is 6.54 Å². The molecule has 6 nitrogen and oxygen atoms in total. The highest BCUT2D eigenvalue weighted by atomic mass is 19.1. The molecule has 0 saturated carbocycles. The lowest BCUT2D eigenvalue weighted by Gasteiger charge is -2.40. The molecule has 2 aromatic rings. The average molecular weight is 453 g/mol. The highest BCUT2D eigenvalue weighted by Gasteiger charge is 2.25. The molecule has 4 rings (SSSR count). The molecule has 0 amide bonds. The van der Waals surface area contributed by atoms with Crippen LogP contribution < -0.4 is 15.1 Å². The Bertz CT molecular complexity index is 967. The van der Waals surface area contributed by atoms with E-state index in [2.05, 4.69) is 32.1 Å². The van der Waals surface area contributed by atoms with E-state index in [0.717, 1.165) is 76.1 Å². The Morgan fingerprint density at radius 3 is 2.33 bits per heavy atom. The van der Waals surface area contributed by atoms with Gasteiger partial charge in [0.05, 0.1) is 5.69 Å². The van der Waals surface area contributed by atoms with Crippen LogP contribution in [0.1, 0.15) is 39.1 Å². The Hall–Kier alpha value is -2.77. The summed E-state index contributed by atoms with van der Waals surface area (Å²) in [6.45, 7) is 7.48. The van der Waals surface area contributed by atoms with Crippen molar-refractivity contribution in [3.63, 3.8) is 0 Å². The van der Waals surface area contributed by atoms with Gasteiger partial charge in [0.1, 0.15) is 18.4 Å². The maximum atomic E-state index is 14.3. The normalized spacial score (nSPS) is 17.9. The second-order valence-electron chi connectivity index (χ2n) is 9.08. The van der Waals surface area contributed by atoms with Gasteiger partial charge >= 0.3 is 0 Å². The second-order valence-corrected chi connectivity index (χ2v) is 9.08. The van der Waals surface area contributed by atoms with Crippen LogP contribution in [0.15, 0.2) is 36.4 Å². The molecular formula is C26H33FN4O2. The van der Waals surface area contributed by atoms with Crippen LogP contribution in [0, 0.1) is 11.7 Å². The van der Waals surface area contributed by atoms with E-state index in [1.165, 1.54) is 11.8 Å². The van der Waals surface area contributed by atoms with E-state index in [-0.39, 0.29) is 5.82 Å². The fraction of sp³-hybridized carbons (Fsp3) is 0.462. The minimum atomic E-state index is -0.312. The molecule has 2 aliphatic rings. The molecule has 176 valence electrons. The molecule has 0 unspecified atom stereocenters. The number of nitrogens with zero attached hydrogens (tertiary/aromatic N) is 3. The van der Waals surface area contributed by atoms with Crippen LogP contribution in [0.3, 0.4) is 0 Å². The summed E-state index contributed by atoms with van der Waals surface area (Å²) in [4.78, 5) is 29.2. The van der Waals surface area contributed by atoms with E-state index >= 15 is 0 Å². The first kappa shape index (κ1) is 23.4. The Balaban J connectivity index is 1.26. The van der Waals surface area contributed by atoms with E-state index in [4.69, 9.17) is 0 Å². The molecule has 0 aliphatic carbocycles. The Labute approximate surface area is 195 Å². The predicted molar refractivity (Wildman–Crippen MR) is 130 cm³/mol. The predicted octanol–water partition coefficient (Wildman–Crippen LogP) is 3.21. The fourth-order valence-electron chi connectivity index (χ4n) is 5.01. The molecule has 7 heteroatoms. The number of rotatable bonds is 8. The highest BCUT2D eigenvalue weighted by Crippen LogP contribution is 2.27. The molecule has 2 saturated heterocycles. The maximum absolute atomic E-state index is 14.3. The highest BCUT2D eigenvalue weighted by molar-refractivity contribution is 5.78. The second kappa shape index (κ2) is 10.9. The minimum Gasteiger partial charge on any atom is -0.369 e. The molecule has 0 atom stereocenters. The van der Waals surface area contributed by atoms with Crippen molar-refractivity contribution in [2.24, 2.45) is 5.92 Å². The van der Waals surface area contributed by atoms with E-state index in [1.54, 1.807) is 12.1 Å². The van der Waals surface area contributed by atoms with E-state index in [0.29, 0.717) is 30.0 Å². The fourth-order valence-corrected chi connectivity index (χ4v) is 5.01. The number of hydrogen-bond donors (Lipinski definition) is 1. The van der Waals surface area contributed by atoms with E-state index in [1.807, 2.05) is 13.1 Å². The molecule has 0 aromatic heterocycles. The third-order valence-electron chi connectivity index (χ3n) is 6.94. The molecule has 33 heavy (non-hydrogen) atoms. The minimum absolute atomic E-state index is 0.312. The SMILES string of the molecule is CNCc1cc(N2CCN(CC3CCN(c4ccc(C=O)cc4F)CC3)CC2)ccc1C=O. The first-order chi connectivity index (χ1) is 16.1. The number of nitrogens with one attached hydrogen (secondary N) is 1. The van der Waals surface area contributed by atoms with Crippen LogP contribution in [0.4, 0.5) is 15.8 Å². The summed E-state index contributed by atoms with van der Waals surface area (Å²) in [5.41, 5.74) is 3.95. The number of hydrogen-bond acceptors (Lipinski definition) is 6. The van der Waals surface area contributed by atoms with Crippen LogP contribution >= 0.6 is 0 Å². The molecule has 2 aromatic carbocycles. The zero-order valence-electron chi connectivity index (χ0n) is 19.3. The molecular weight excluding hydrogens is 419 g/mol. The Kier molecular flexibility index (Phi) is 7.73. The van der Waals surface area contributed by atoms with Crippen molar-refractivity contribution >= 4 is 23.9 Å². The number of aldehydes is 2. The van der Waals surface area contributed by atoms with Crippen molar-refractivity contribution in [1.29, 1.82) is 0 Å². The standard InChI is InChI=1S/C26H33FN4O2/c1-28-16-23-15-24(4-3-22(23)19-33)30-12-10-29(11-13-30)17-20-6-8-31(9-7-20)26-5-2-21(18-32)14-25(26)27/h2-5,14-15,18-20,28H,6-13,16-17H2,1H3. The zero-order chi connectivity index (χ0) is 23.2. The zero-order valence-corrected chi connectivity index (χ0v) is 19.3. The van der Waals surface area contributed by atoms with Crippen LogP contribution in [0.5, 0.6) is 0 Å². The van der Waals surface area contributed by atoms with Gasteiger partial charge in [0.2, 0.25) is 0 Å². The summed E-state index contributed by atoms with van der Waals surface area (Å²) in [7, 11) is 1.89. The molecule has 2 fully saturated rings. The number of piperazine rings is 1. The number of carbonyl (C=O) groups is 2. The van der Waals surface area contributed by atoms with Gasteiger partial charge in [-0.15, -0.1) is 0 Å². The van der Waals surface area contributed by atoms with Gasteiger partial charge in [0.25, 0.3) is 0 Å². The molecule has 2 aliphatic heterocycles. The molecule has 0 bridgehead atoms. The van der Waals surface area contributed by atoms with Crippen molar-refractivity contribution in [3.8, 4) is 0 Å². The summed E-state index contributed by atoms with van der Waals surface area (Å²) < 4.78 is 14.3. The average Bonchev–Trinajstić information content (AvgIpc) is 2.85. The van der Waals surface area contributed by atoms with Gasteiger partial charge in [0, 0.05) is 69.2 Å². The first-order valence-electron chi connectivity index (χ1n) is 11.8. The van der Waals surface area contributed by atoms with Gasteiger partial charge in [-0.1, -0.05) is 0 Å². The van der Waals surface area contributed by atoms with Gasteiger partial charge in [0.15, 0.2) is 0 Å². The number of piperidine rings is 1. The van der Waals surface area contributed by atoms with Gasteiger partial charge in [-0.3, -0.25) is 14.5 Å². The van der Waals surface area contributed by atoms with Gasteiger partial charge in [-0.05, 0) is 67.8 Å². The molecule has 0 radical (unpaired) electrons. The largest absolute Gasteiger partial charge is 0.369 e. The third-order valence-corrected chi connectivity index (χ3v) is 6.94. The Morgan fingerprint density at radius 1 is 0.939 bits per heavy atom. The maximum Gasteiger partial charge on any atom is 0.150 e. The van der Waals surface area contributed by atoms with Crippen molar-refractivity contribution < 1.29 is 14.0 Å². The van der Waals surface area contributed by atoms with Crippen molar-refractivity contribution in [1.82, 2.24) is 10.2 Å². The summed E-state index contributed by atoms with van der Waals surface area (Å²) >= 11 is 0. The smallest absolute Gasteiger partial charge is 0.150 e. The Morgan fingerprint density at radius 2 is 1.70 bits per heavy atom. The van der Waals surface area contributed by atoms with Gasteiger partial charge in [-0.2, -0.15) is 0 Å². The number of carbonyl (C=O) groups excluding carboxylic acids is 2. The summed E-state index contributed by atoms with van der Waals surface area (Å²) in [5, 5.41) is 3.14. The summed E-state index contributed by atoms with van der Waals surface area (Å²) in [6.07, 6.45) is 3.71. The van der Waals surface area contributed by atoms with E-state index in [9.17, 15) is 14.0 Å². The molecule has 2 heterocycles. The van der Waals surface area contributed by atoms with Crippen molar-refractivity contribution in [2.45, 2.75) is 19.4 Å². The van der Waals surface area contributed by atoms with Gasteiger partial charge < -0.3 is 15.1 Å². The lowest BCUT2D eigenvalue weighted by atomic mass is 9.95. The quantitative estimate of drug-likeness (QED) is 0.621. The first-order valence-corrected chi connectivity index (χ1v) is 11.8. The molecule has 0 spiro atoms. The number of benzene rings is 2. The lowest BCUT2D eigenvalue weighted by Crippen LogP contribution is -2.49. The summed E-state index contributed by atoms with van der Waals surface area (Å²) in [6, 6.07) is 10.8. The number of halogens is 1. The van der Waals surface area contributed by atoms with Crippen LogP contribution in [0.25, 0.3) is 0 Å². The van der Waals surface area contributed by atoms with Crippen LogP contribution in [-0.4, -0.2) is 70.3 Å². The summed E-state index contributed by atoms with van der Waals surface area (Å²) in [5.74, 6) is 0.312. The topological polar surface area (TPSA) is 55.9 Å². The van der Waals surface area contributed by atoms with Crippen molar-refractivity contribution in [3.05, 3.63) is 58.9 Å². The number of anilines is 2. The molecule has 1 N–H and O–H groups in total. The van der Waals surface area contributed by atoms with Crippen molar-refractivity contribution in [2.75, 3.05) is 62.7 Å². The lowest BCUT2D eigenvalue weighted by molar-refractivity contribution is 0.111. The van der Waals surface area contributed by atoms with Crippen LogP contribution in [0.2, 0.25) is 0 Å². The van der Waals surface area contributed by atoms with Gasteiger partial charge in [-0.25, -0.2) is 4.39 Å².